The molecule has 0 nitrogen and oxygen atoms in total. The average Bonchev–Trinajstić information content (AvgIpc) is 3.70. The fourth-order valence-electron chi connectivity index (χ4n) is 9.54. The van der Waals surface area contributed by atoms with Crippen molar-refractivity contribution in [3.05, 3.63) is 142 Å². The van der Waals surface area contributed by atoms with Gasteiger partial charge in [-0.3, -0.25) is 0 Å². The van der Waals surface area contributed by atoms with E-state index in [1.165, 1.54) is 22.3 Å². The maximum atomic E-state index is 2.47. The Bertz CT molecular complexity index is 1200. The molecular formula is C29H16. The lowest BCUT2D eigenvalue weighted by Crippen LogP contribution is -2.30. The molecular weight excluding hydrogens is 348 g/mol. The van der Waals surface area contributed by atoms with Crippen LogP contribution >= 0.6 is 0 Å². The van der Waals surface area contributed by atoms with Crippen molar-refractivity contribution in [1.82, 2.24) is 0 Å². The molecule has 0 aromatic heterocycles. The summed E-state index contributed by atoms with van der Waals surface area (Å²) >= 11 is 0. The highest BCUT2D eigenvalue weighted by Gasteiger charge is 3.37. The molecule has 4 aromatic carbocycles. The minimum Gasteiger partial charge on any atom is -0.0580 e. The Morgan fingerprint density at radius 1 is 0.241 bits per heavy atom. The zero-order valence-corrected chi connectivity index (χ0v) is 15.7. The molecule has 0 heterocycles. The first-order chi connectivity index (χ1) is 14.3. The summed E-state index contributed by atoms with van der Waals surface area (Å²) in [5.74, 6) is 0. The van der Waals surface area contributed by atoms with Gasteiger partial charge in [-0.1, -0.05) is 97.1 Å². The van der Waals surface area contributed by atoms with Crippen molar-refractivity contribution in [2.75, 3.05) is 0 Å². The van der Waals surface area contributed by atoms with E-state index in [1.807, 2.05) is 0 Å². The second-order valence-electron chi connectivity index (χ2n) is 10.1. The third-order valence-corrected chi connectivity index (χ3v) is 10.1. The standard InChI is InChI=1S/C29H16/c1-9-21-10-2-17(1)25-18-3-11-22(12-4-18)27-26(21)28(27,23-13-5-19(25)6-14-23)29(26,27)24-15-7-20(25)8-16-24/h1-16H. The second-order valence-corrected chi connectivity index (χ2v) is 10.1. The quantitative estimate of drug-likeness (QED) is 0.407. The Morgan fingerprint density at radius 2 is 0.414 bits per heavy atom. The summed E-state index contributed by atoms with van der Waals surface area (Å²) in [7, 11) is 0. The van der Waals surface area contributed by atoms with Crippen LogP contribution in [0.5, 0.6) is 0 Å². The van der Waals surface area contributed by atoms with Crippen LogP contribution in [-0.2, 0) is 27.1 Å². The second kappa shape index (κ2) is 3.17. The lowest BCUT2D eigenvalue weighted by atomic mass is 9.65. The Labute approximate surface area is 168 Å². The topological polar surface area (TPSA) is 0 Å². The van der Waals surface area contributed by atoms with Crippen molar-refractivity contribution in [3.8, 4) is 0 Å². The fourth-order valence-corrected chi connectivity index (χ4v) is 9.54. The monoisotopic (exact) mass is 364 g/mol. The van der Waals surface area contributed by atoms with Gasteiger partial charge in [0.25, 0.3) is 0 Å². The van der Waals surface area contributed by atoms with Gasteiger partial charge in [0.2, 0.25) is 0 Å². The summed E-state index contributed by atoms with van der Waals surface area (Å²) in [5.41, 5.74) is 12.4. The van der Waals surface area contributed by atoms with Gasteiger partial charge in [0.15, 0.2) is 0 Å². The molecule has 0 amide bonds. The fraction of sp³-hybridized carbons (Fsp3) is 0.172. The maximum absolute atomic E-state index is 2.47. The van der Waals surface area contributed by atoms with Crippen LogP contribution in [0, 0.1) is 0 Å². The van der Waals surface area contributed by atoms with E-state index in [2.05, 4.69) is 97.1 Å². The van der Waals surface area contributed by atoms with Crippen LogP contribution in [0.15, 0.2) is 97.1 Å². The number of rotatable bonds is 0. The van der Waals surface area contributed by atoms with E-state index >= 15 is 0 Å². The summed E-state index contributed by atoms with van der Waals surface area (Å²) in [5, 5.41) is 0. The van der Waals surface area contributed by atoms with Crippen molar-refractivity contribution < 1.29 is 0 Å². The van der Waals surface area contributed by atoms with Gasteiger partial charge < -0.3 is 0 Å². The highest BCUT2D eigenvalue weighted by molar-refractivity contribution is 6.09. The molecule has 29 heavy (non-hydrogen) atoms. The molecule has 4 saturated carbocycles. The van der Waals surface area contributed by atoms with Crippen molar-refractivity contribution >= 4 is 0 Å². The Kier molecular flexibility index (Phi) is 1.44. The number of benzene rings is 4. The van der Waals surface area contributed by atoms with Gasteiger partial charge >= 0.3 is 0 Å². The van der Waals surface area contributed by atoms with Crippen LogP contribution < -0.4 is 0 Å². The van der Waals surface area contributed by atoms with E-state index in [9.17, 15) is 0 Å². The molecule has 0 saturated heterocycles. The van der Waals surface area contributed by atoms with E-state index in [-0.39, 0.29) is 27.1 Å². The molecule has 0 heteroatoms. The zero-order valence-electron chi connectivity index (χ0n) is 15.7. The van der Waals surface area contributed by atoms with Gasteiger partial charge in [-0.25, -0.2) is 0 Å². The third-order valence-electron chi connectivity index (χ3n) is 10.1. The minimum absolute atomic E-state index is 0.234. The largest absolute Gasteiger partial charge is 0.0701 e. The smallest absolute Gasteiger partial charge is 0.0580 e. The molecule has 0 unspecified atom stereocenters. The predicted molar refractivity (Wildman–Crippen MR) is 111 cm³/mol. The van der Waals surface area contributed by atoms with Crippen LogP contribution in [0.2, 0.25) is 0 Å². The Morgan fingerprint density at radius 3 is 0.621 bits per heavy atom. The van der Waals surface area contributed by atoms with Crippen LogP contribution in [0.25, 0.3) is 0 Å². The Hall–Kier alpha value is -3.12. The van der Waals surface area contributed by atoms with Crippen LogP contribution in [-0.4, -0.2) is 0 Å². The molecule has 0 aliphatic heterocycles. The van der Waals surface area contributed by atoms with Gasteiger partial charge in [-0.05, 0) is 44.5 Å². The third kappa shape index (κ3) is 0.760. The van der Waals surface area contributed by atoms with Crippen molar-refractivity contribution in [2.24, 2.45) is 0 Å². The zero-order chi connectivity index (χ0) is 18.4. The van der Waals surface area contributed by atoms with Crippen LogP contribution in [0.3, 0.4) is 0 Å². The van der Waals surface area contributed by atoms with Crippen molar-refractivity contribution in [2.45, 2.75) is 27.1 Å². The molecule has 0 radical (unpaired) electrons. The summed E-state index contributed by atoms with van der Waals surface area (Å²) in [4.78, 5) is 0. The maximum Gasteiger partial charge on any atom is 0.0701 e. The molecule has 4 aromatic rings. The molecule has 13 bridgehead atoms. The summed E-state index contributed by atoms with van der Waals surface area (Å²) in [6.45, 7) is 0. The first-order valence-electron chi connectivity index (χ1n) is 10.8. The normalized spacial score (nSPS) is 42.5. The SMILES string of the molecule is c1cc2ccc1C13c4ccc(cc4)C45C26C4(c2ccc1cc2)C65c1ccc3cc1. The Balaban J connectivity index is 1.64. The first-order valence-corrected chi connectivity index (χ1v) is 10.8. The van der Waals surface area contributed by atoms with Crippen molar-refractivity contribution in [1.29, 1.82) is 0 Å². The van der Waals surface area contributed by atoms with Gasteiger partial charge in [-0.2, -0.15) is 0 Å². The van der Waals surface area contributed by atoms with Crippen LogP contribution in [0.1, 0.15) is 44.5 Å². The number of hydrogen-bond acceptors (Lipinski definition) is 0. The minimum atomic E-state index is -0.275. The van der Waals surface area contributed by atoms with E-state index in [1.54, 1.807) is 22.3 Å². The summed E-state index contributed by atoms with van der Waals surface area (Å²) in [6, 6.07) is 39.2. The summed E-state index contributed by atoms with van der Waals surface area (Å²) < 4.78 is 0. The van der Waals surface area contributed by atoms with Gasteiger partial charge in [0, 0.05) is 21.7 Å². The molecule has 28 aliphatic rings. The lowest BCUT2D eigenvalue weighted by molar-refractivity contribution is 0.745. The van der Waals surface area contributed by atoms with Crippen LogP contribution in [0.4, 0.5) is 0 Å². The number of hydrogen-bond donors (Lipinski definition) is 0. The van der Waals surface area contributed by atoms with Gasteiger partial charge in [-0.15, -0.1) is 0 Å². The molecule has 132 valence electrons. The van der Waals surface area contributed by atoms with Gasteiger partial charge in [0.05, 0.1) is 5.41 Å². The lowest BCUT2D eigenvalue weighted by Gasteiger charge is -2.37. The van der Waals surface area contributed by atoms with E-state index < -0.39 is 0 Å². The van der Waals surface area contributed by atoms with E-state index in [4.69, 9.17) is 0 Å². The predicted octanol–water partition coefficient (Wildman–Crippen LogP) is 5.10. The first kappa shape index (κ1) is 13.2. The molecule has 0 atom stereocenters. The highest BCUT2D eigenvalue weighted by Crippen LogP contribution is 3.28. The highest BCUT2D eigenvalue weighted by atomic mass is 15.4. The summed E-state index contributed by atoms with van der Waals surface area (Å²) in [6.07, 6.45) is 0. The average molecular weight is 364 g/mol. The van der Waals surface area contributed by atoms with E-state index in [0.29, 0.717) is 0 Å². The van der Waals surface area contributed by atoms with E-state index in [0.717, 1.165) is 0 Å². The van der Waals surface area contributed by atoms with Gasteiger partial charge in [0.1, 0.15) is 0 Å². The molecule has 28 aliphatic carbocycles. The molecule has 32 rings (SSSR count). The van der Waals surface area contributed by atoms with Crippen molar-refractivity contribution in [3.63, 3.8) is 0 Å². The molecule has 4 fully saturated rings. The molecule has 5 spiro atoms. The molecule has 0 N–H and O–H groups in total.